The molecule has 0 spiro atoms. The maximum Gasteiger partial charge on any atom is 0.410 e. The van der Waals surface area contributed by atoms with E-state index in [0.29, 0.717) is 35.4 Å². The van der Waals surface area contributed by atoms with Gasteiger partial charge in [0.2, 0.25) is 0 Å². The molecule has 1 heterocycles. The molecule has 0 radical (unpaired) electrons. The Hall–Kier alpha value is -3.27. The van der Waals surface area contributed by atoms with E-state index in [1.807, 2.05) is 45.0 Å². The van der Waals surface area contributed by atoms with Gasteiger partial charge in [-0.2, -0.15) is 0 Å². The number of likely N-dealkylation sites (tertiary alicyclic amines) is 1. The number of rotatable bonds is 6. The summed E-state index contributed by atoms with van der Waals surface area (Å²) in [4.78, 5) is 26.9. The second-order valence-corrected chi connectivity index (χ2v) is 13.7. The van der Waals surface area contributed by atoms with E-state index in [1.54, 1.807) is 29.2 Å². The number of hydrogen-bond donors (Lipinski definition) is 1. The molecule has 41 heavy (non-hydrogen) atoms. The molecule has 218 valence electrons. The monoisotopic (exact) mass is 617 g/mol. The van der Waals surface area contributed by atoms with Crippen molar-refractivity contribution in [3.05, 3.63) is 87.9 Å². The Morgan fingerprint density at radius 2 is 1.56 bits per heavy atom. The number of carbonyl (C=O) groups excluding carboxylic acids is 2. The van der Waals surface area contributed by atoms with Crippen molar-refractivity contribution in [3.8, 4) is 0 Å². The summed E-state index contributed by atoms with van der Waals surface area (Å²) in [5.74, 6) is -0.175. The average molecular weight is 619 g/mol. The van der Waals surface area contributed by atoms with Gasteiger partial charge in [-0.3, -0.25) is 9.10 Å². The molecule has 0 aliphatic carbocycles. The van der Waals surface area contributed by atoms with Crippen LogP contribution in [0.2, 0.25) is 10.0 Å². The van der Waals surface area contributed by atoms with E-state index in [4.69, 9.17) is 27.9 Å². The van der Waals surface area contributed by atoms with Crippen LogP contribution in [-0.4, -0.2) is 51.1 Å². The first kappa shape index (κ1) is 30.7. The topological polar surface area (TPSA) is 96.0 Å². The fourth-order valence-corrected chi connectivity index (χ4v) is 6.36. The van der Waals surface area contributed by atoms with Gasteiger partial charge < -0.3 is 15.0 Å². The molecule has 3 aromatic carbocycles. The lowest BCUT2D eigenvalue weighted by Crippen LogP contribution is -2.41. The zero-order valence-corrected chi connectivity index (χ0v) is 25.7. The normalized spacial score (nSPS) is 14.4. The molecular weight excluding hydrogens is 585 g/mol. The van der Waals surface area contributed by atoms with Gasteiger partial charge in [-0.25, -0.2) is 13.2 Å². The lowest BCUT2D eigenvalue weighted by Gasteiger charge is -2.33. The van der Waals surface area contributed by atoms with Crippen LogP contribution >= 0.6 is 23.2 Å². The molecule has 0 saturated carbocycles. The summed E-state index contributed by atoms with van der Waals surface area (Å²) < 4.78 is 33.2. The van der Waals surface area contributed by atoms with Crippen molar-refractivity contribution in [2.45, 2.75) is 50.0 Å². The molecule has 0 aromatic heterocycles. The van der Waals surface area contributed by atoms with E-state index in [1.165, 1.54) is 25.2 Å². The Labute approximate surface area is 251 Å². The van der Waals surface area contributed by atoms with Crippen molar-refractivity contribution in [1.29, 1.82) is 0 Å². The first-order valence-corrected chi connectivity index (χ1v) is 15.4. The number of anilines is 2. The molecule has 0 unspecified atom stereocenters. The van der Waals surface area contributed by atoms with Gasteiger partial charge in [0.15, 0.2) is 0 Å². The summed E-state index contributed by atoms with van der Waals surface area (Å²) in [6.45, 7) is 6.80. The Morgan fingerprint density at radius 1 is 0.951 bits per heavy atom. The highest BCUT2D eigenvalue weighted by molar-refractivity contribution is 7.93. The highest BCUT2D eigenvalue weighted by atomic mass is 35.5. The molecule has 1 N–H and O–H groups in total. The average Bonchev–Trinajstić information content (AvgIpc) is 2.93. The quantitative estimate of drug-likeness (QED) is 0.316. The minimum atomic E-state index is -4.06. The SMILES string of the molecule is CN(c1ccc(Cl)cc1)S(=O)(=O)c1cc(C(=O)Nc2ccc(C3CCN(C(=O)OC(C)(C)C)CC3)cc2)ccc1Cl. The Kier molecular flexibility index (Phi) is 9.21. The minimum Gasteiger partial charge on any atom is -0.444 e. The maximum absolute atomic E-state index is 13.3. The first-order chi connectivity index (χ1) is 19.2. The highest BCUT2D eigenvalue weighted by Crippen LogP contribution is 2.31. The van der Waals surface area contributed by atoms with Crippen LogP contribution in [0.5, 0.6) is 0 Å². The van der Waals surface area contributed by atoms with Gasteiger partial charge in [-0.05, 0) is 99.7 Å². The zero-order chi connectivity index (χ0) is 29.9. The van der Waals surface area contributed by atoms with Crippen molar-refractivity contribution in [2.24, 2.45) is 0 Å². The molecule has 1 aliphatic heterocycles. The van der Waals surface area contributed by atoms with Gasteiger partial charge in [0.1, 0.15) is 10.5 Å². The van der Waals surface area contributed by atoms with Gasteiger partial charge in [0.05, 0.1) is 10.7 Å². The number of halogens is 2. The molecule has 2 amide bonds. The van der Waals surface area contributed by atoms with Crippen molar-refractivity contribution >= 4 is 56.6 Å². The smallest absolute Gasteiger partial charge is 0.410 e. The predicted octanol–water partition coefficient (Wildman–Crippen LogP) is 7.19. The molecular formula is C30H33Cl2N3O5S. The van der Waals surface area contributed by atoms with Crippen LogP contribution in [0.1, 0.15) is 55.5 Å². The summed E-state index contributed by atoms with van der Waals surface area (Å²) in [7, 11) is -2.65. The van der Waals surface area contributed by atoms with Gasteiger partial charge in [0.25, 0.3) is 15.9 Å². The van der Waals surface area contributed by atoms with Crippen molar-refractivity contribution in [1.82, 2.24) is 4.90 Å². The third-order valence-electron chi connectivity index (χ3n) is 6.81. The number of sulfonamides is 1. The number of amides is 2. The van der Waals surface area contributed by atoms with E-state index >= 15 is 0 Å². The van der Waals surface area contributed by atoms with Crippen molar-refractivity contribution in [2.75, 3.05) is 29.8 Å². The van der Waals surface area contributed by atoms with Gasteiger partial charge in [0, 0.05) is 36.4 Å². The van der Waals surface area contributed by atoms with E-state index < -0.39 is 21.5 Å². The molecule has 1 saturated heterocycles. The van der Waals surface area contributed by atoms with E-state index in [0.717, 1.165) is 22.7 Å². The molecule has 0 bridgehead atoms. The Morgan fingerprint density at radius 3 is 2.15 bits per heavy atom. The molecule has 4 rings (SSSR count). The molecule has 11 heteroatoms. The lowest BCUT2D eigenvalue weighted by molar-refractivity contribution is 0.0204. The van der Waals surface area contributed by atoms with Crippen LogP contribution in [-0.2, 0) is 14.8 Å². The van der Waals surface area contributed by atoms with Crippen LogP contribution in [0.4, 0.5) is 16.2 Å². The second kappa shape index (κ2) is 12.3. The lowest BCUT2D eigenvalue weighted by atomic mass is 9.89. The summed E-state index contributed by atoms with van der Waals surface area (Å²) in [5.41, 5.74) is 1.72. The summed E-state index contributed by atoms with van der Waals surface area (Å²) >= 11 is 12.2. The molecule has 1 aliphatic rings. The number of benzene rings is 3. The van der Waals surface area contributed by atoms with Crippen LogP contribution in [0.15, 0.2) is 71.6 Å². The standard InChI is InChI=1S/C30H33Cl2N3O5S/c1-30(2,3)40-29(37)35-17-15-21(16-18-35)20-5-10-24(11-6-20)33-28(36)22-7-14-26(32)27(19-22)41(38,39)34(4)25-12-8-23(31)9-13-25/h5-14,19,21H,15-18H2,1-4H3,(H,33,36). The van der Waals surface area contributed by atoms with Gasteiger partial charge in [-0.1, -0.05) is 35.3 Å². The van der Waals surface area contributed by atoms with E-state index in [9.17, 15) is 18.0 Å². The number of piperidine rings is 1. The predicted molar refractivity (Wildman–Crippen MR) is 163 cm³/mol. The fourth-order valence-electron chi connectivity index (χ4n) is 4.54. The van der Waals surface area contributed by atoms with Crippen molar-refractivity contribution < 1.29 is 22.7 Å². The summed E-state index contributed by atoms with van der Waals surface area (Å²) in [6.07, 6.45) is 1.35. The zero-order valence-electron chi connectivity index (χ0n) is 23.4. The second-order valence-electron chi connectivity index (χ2n) is 10.9. The first-order valence-electron chi connectivity index (χ1n) is 13.2. The van der Waals surface area contributed by atoms with Crippen LogP contribution in [0.3, 0.4) is 0 Å². The largest absolute Gasteiger partial charge is 0.444 e. The van der Waals surface area contributed by atoms with Crippen LogP contribution < -0.4 is 9.62 Å². The summed E-state index contributed by atoms with van der Waals surface area (Å²) in [6, 6.07) is 18.0. The number of nitrogens with one attached hydrogen (secondary N) is 1. The molecule has 8 nitrogen and oxygen atoms in total. The fraction of sp³-hybridized carbons (Fsp3) is 0.333. The maximum atomic E-state index is 13.3. The minimum absolute atomic E-state index is 0.00410. The van der Waals surface area contributed by atoms with Crippen LogP contribution in [0.25, 0.3) is 0 Å². The number of nitrogens with zero attached hydrogens (tertiary/aromatic N) is 2. The van der Waals surface area contributed by atoms with Crippen LogP contribution in [0, 0.1) is 0 Å². The highest BCUT2D eigenvalue weighted by Gasteiger charge is 2.28. The summed E-state index contributed by atoms with van der Waals surface area (Å²) in [5, 5.41) is 3.31. The van der Waals surface area contributed by atoms with E-state index in [2.05, 4.69) is 5.32 Å². The number of hydrogen-bond acceptors (Lipinski definition) is 5. The molecule has 1 fully saturated rings. The molecule has 3 aromatic rings. The van der Waals surface area contributed by atoms with E-state index in [-0.39, 0.29) is 21.6 Å². The Bertz CT molecular complexity index is 1510. The Balaban J connectivity index is 1.41. The number of ether oxygens (including phenoxy) is 1. The number of carbonyl (C=O) groups is 2. The van der Waals surface area contributed by atoms with Crippen molar-refractivity contribution in [3.63, 3.8) is 0 Å². The van der Waals surface area contributed by atoms with Gasteiger partial charge >= 0.3 is 6.09 Å². The molecule has 0 atom stereocenters. The third kappa shape index (κ3) is 7.52. The third-order valence-corrected chi connectivity index (χ3v) is 9.33. The van der Waals surface area contributed by atoms with Gasteiger partial charge in [-0.15, -0.1) is 0 Å².